The second-order valence-corrected chi connectivity index (χ2v) is 13.0. The van der Waals surface area contributed by atoms with Crippen molar-refractivity contribution >= 4 is 49.3 Å². The minimum absolute atomic E-state index is 0.00917. The zero-order valence-electron chi connectivity index (χ0n) is 30.6. The van der Waals surface area contributed by atoms with E-state index in [1.807, 2.05) is 0 Å². The summed E-state index contributed by atoms with van der Waals surface area (Å²) in [6, 6.07) is 10.6. The molecule has 0 heterocycles. The Morgan fingerprint density at radius 3 is 1.94 bits per heavy atom. The van der Waals surface area contributed by atoms with Crippen molar-refractivity contribution in [1.29, 1.82) is 0 Å². The fourth-order valence-corrected chi connectivity index (χ4v) is 4.97. The molecule has 6 N–H and O–H groups in total. The van der Waals surface area contributed by atoms with Crippen LogP contribution in [0.2, 0.25) is 0 Å². The van der Waals surface area contributed by atoms with Crippen molar-refractivity contribution in [2.24, 2.45) is 0 Å². The lowest BCUT2D eigenvalue weighted by molar-refractivity contribution is -0.145. The fraction of sp³-hybridized carbons (Fsp3) is 0.378. The molecule has 2 aromatic rings. The second-order valence-electron chi connectivity index (χ2n) is 13.0. The predicted molar refractivity (Wildman–Crippen MR) is 198 cm³/mol. The van der Waals surface area contributed by atoms with E-state index >= 15 is 0 Å². The van der Waals surface area contributed by atoms with Crippen LogP contribution in [0.4, 0.5) is 4.79 Å². The quantitative estimate of drug-likeness (QED) is 0.0513. The standard InChI is InChI=1S/C37H48BN5O10/c1-7-12-25(40-33(48)27(42-36(51)53-37(3,4)5)20-22-16-18-24(44)19-17-22)32(47)39-21-28(45)43-31(38)30(46)29(23-14-10-9-11-15-23)34(49)41-26(13-8-2)35(50)52-6/h7-11,14-19,25-27,29,31,44H,1-2,12-13,20-21,38H2,3-6H3,(H,39,47)(H,40,48)(H,41,49)(H,42,51)(H,43,45)/t25-,26-,27+,29?,31-/m1/s1. The summed E-state index contributed by atoms with van der Waals surface area (Å²) in [6.45, 7) is 11.6. The fourth-order valence-electron chi connectivity index (χ4n) is 4.97. The number of ketones is 1. The molecule has 5 atom stereocenters. The van der Waals surface area contributed by atoms with Crippen molar-refractivity contribution in [2.45, 2.75) is 75.6 Å². The first-order valence-corrected chi connectivity index (χ1v) is 16.8. The van der Waals surface area contributed by atoms with Gasteiger partial charge in [-0.05, 0) is 56.9 Å². The van der Waals surface area contributed by atoms with E-state index in [-0.39, 0.29) is 25.0 Å². The maximum atomic E-state index is 13.6. The Bertz CT molecular complexity index is 1630. The number of hydrogen-bond donors (Lipinski definition) is 6. The molecule has 0 aliphatic rings. The van der Waals surface area contributed by atoms with Crippen molar-refractivity contribution in [3.63, 3.8) is 0 Å². The monoisotopic (exact) mass is 733 g/mol. The first-order chi connectivity index (χ1) is 25.0. The van der Waals surface area contributed by atoms with E-state index in [0.29, 0.717) is 11.1 Å². The lowest BCUT2D eigenvalue weighted by Gasteiger charge is -2.25. The van der Waals surface area contributed by atoms with Crippen LogP contribution in [0.25, 0.3) is 0 Å². The molecule has 5 amide bonds. The van der Waals surface area contributed by atoms with Crippen LogP contribution in [-0.4, -0.2) is 97.7 Å². The molecule has 0 bridgehead atoms. The Morgan fingerprint density at radius 1 is 0.792 bits per heavy atom. The van der Waals surface area contributed by atoms with Crippen molar-refractivity contribution < 1.29 is 48.1 Å². The van der Waals surface area contributed by atoms with Gasteiger partial charge in [0.05, 0.1) is 19.6 Å². The minimum atomic E-state index is -1.41. The molecule has 2 aromatic carbocycles. The molecule has 53 heavy (non-hydrogen) atoms. The Balaban J connectivity index is 2.13. The largest absolute Gasteiger partial charge is 0.508 e. The number of amides is 5. The van der Waals surface area contributed by atoms with E-state index in [2.05, 4.69) is 39.7 Å². The van der Waals surface area contributed by atoms with Gasteiger partial charge in [0.1, 0.15) is 43.2 Å². The first-order valence-electron chi connectivity index (χ1n) is 16.8. The van der Waals surface area contributed by atoms with Gasteiger partial charge in [-0.3, -0.25) is 24.0 Å². The molecular weight excluding hydrogens is 685 g/mol. The van der Waals surface area contributed by atoms with Crippen molar-refractivity contribution in [3.8, 4) is 5.75 Å². The predicted octanol–water partition coefficient (Wildman–Crippen LogP) is 0.667. The molecular formula is C37H48BN5O10. The van der Waals surface area contributed by atoms with Crippen LogP contribution in [0.15, 0.2) is 79.9 Å². The summed E-state index contributed by atoms with van der Waals surface area (Å²) >= 11 is 0. The highest BCUT2D eigenvalue weighted by atomic mass is 16.6. The summed E-state index contributed by atoms with van der Waals surface area (Å²) < 4.78 is 10.0. The Kier molecular flexibility index (Phi) is 17.0. The topological polar surface area (TPSA) is 218 Å². The van der Waals surface area contributed by atoms with E-state index in [1.54, 1.807) is 63.2 Å². The Labute approximate surface area is 309 Å². The Morgan fingerprint density at radius 2 is 1.38 bits per heavy atom. The summed E-state index contributed by atoms with van der Waals surface area (Å²) in [5.41, 5.74) is 0.0569. The van der Waals surface area contributed by atoms with E-state index < -0.39 is 83.6 Å². The average Bonchev–Trinajstić information content (AvgIpc) is 3.10. The molecule has 15 nitrogen and oxygen atoms in total. The van der Waals surface area contributed by atoms with Crippen LogP contribution >= 0.6 is 0 Å². The van der Waals surface area contributed by atoms with E-state index in [0.717, 1.165) is 7.11 Å². The third kappa shape index (κ3) is 14.7. The SMILES string of the molecule is B[C@H](NC(=O)CNC(=O)[C@@H](CC=C)NC(=O)[C@H](Cc1ccc(O)cc1)NC(=O)OC(C)(C)C)C(=O)C(C(=O)N[C@H](CC=C)C(=O)OC)c1ccccc1. The number of ether oxygens (including phenoxy) is 2. The van der Waals surface area contributed by atoms with E-state index in [9.17, 15) is 38.7 Å². The number of esters is 1. The summed E-state index contributed by atoms with van der Waals surface area (Å²) in [5, 5.41) is 22.1. The third-order valence-electron chi connectivity index (χ3n) is 7.53. The van der Waals surface area contributed by atoms with Gasteiger partial charge in [-0.1, -0.05) is 54.6 Å². The number of phenols is 1. The maximum absolute atomic E-state index is 13.6. The number of carbonyl (C=O) groups is 7. The van der Waals surface area contributed by atoms with Gasteiger partial charge in [0, 0.05) is 6.42 Å². The van der Waals surface area contributed by atoms with Crippen molar-refractivity contribution in [2.75, 3.05) is 13.7 Å². The number of aromatic hydroxyl groups is 1. The van der Waals surface area contributed by atoms with Crippen molar-refractivity contribution in [3.05, 3.63) is 91.0 Å². The molecule has 0 aliphatic heterocycles. The number of carbonyl (C=O) groups excluding carboxylic acids is 7. The molecule has 0 spiro atoms. The number of phenolic OH excluding ortho intramolecular Hbond substituents is 1. The summed E-state index contributed by atoms with van der Waals surface area (Å²) in [4.78, 5) is 91.3. The zero-order chi connectivity index (χ0) is 39.7. The summed E-state index contributed by atoms with van der Waals surface area (Å²) in [6.07, 6.45) is 1.93. The van der Waals surface area contributed by atoms with Gasteiger partial charge < -0.3 is 41.2 Å². The average molecular weight is 734 g/mol. The van der Waals surface area contributed by atoms with Crippen LogP contribution in [0.3, 0.4) is 0 Å². The maximum Gasteiger partial charge on any atom is 0.408 e. The van der Waals surface area contributed by atoms with Crippen LogP contribution in [-0.2, 0) is 44.7 Å². The molecule has 284 valence electrons. The van der Waals surface area contributed by atoms with Crippen molar-refractivity contribution in [1.82, 2.24) is 26.6 Å². The lowest BCUT2D eigenvalue weighted by Crippen LogP contribution is -2.56. The van der Waals surface area contributed by atoms with Gasteiger partial charge in [0.25, 0.3) is 0 Å². The number of benzene rings is 2. The molecule has 0 aliphatic carbocycles. The van der Waals surface area contributed by atoms with Crippen LogP contribution < -0.4 is 26.6 Å². The number of Topliss-reactive ketones (excluding diaryl/α,β-unsaturated/α-hetero) is 1. The highest BCUT2D eigenvalue weighted by Crippen LogP contribution is 2.19. The summed E-state index contributed by atoms with van der Waals surface area (Å²) in [5.74, 6) is -7.09. The van der Waals surface area contributed by atoms with Crippen LogP contribution in [0, 0.1) is 0 Å². The highest BCUT2D eigenvalue weighted by molar-refractivity contribution is 6.29. The van der Waals surface area contributed by atoms with Gasteiger partial charge in [-0.15, -0.1) is 13.2 Å². The molecule has 0 saturated heterocycles. The molecule has 2 rings (SSSR count). The van der Waals surface area contributed by atoms with Gasteiger partial charge in [0.15, 0.2) is 5.78 Å². The molecule has 16 heteroatoms. The Hall–Kier alpha value is -5.93. The lowest BCUT2D eigenvalue weighted by atomic mass is 9.81. The van der Waals surface area contributed by atoms with Gasteiger partial charge >= 0.3 is 12.1 Å². The minimum Gasteiger partial charge on any atom is -0.508 e. The normalized spacial score (nSPS) is 13.7. The third-order valence-corrected chi connectivity index (χ3v) is 7.53. The molecule has 0 fully saturated rings. The number of alkyl carbamates (subject to hydrolysis) is 1. The molecule has 0 radical (unpaired) electrons. The smallest absolute Gasteiger partial charge is 0.408 e. The van der Waals surface area contributed by atoms with Gasteiger partial charge in [-0.2, -0.15) is 0 Å². The van der Waals surface area contributed by atoms with Crippen LogP contribution in [0.5, 0.6) is 5.75 Å². The zero-order valence-corrected chi connectivity index (χ0v) is 30.6. The summed E-state index contributed by atoms with van der Waals surface area (Å²) in [7, 11) is 2.54. The van der Waals surface area contributed by atoms with Gasteiger partial charge in [-0.25, -0.2) is 9.59 Å². The highest BCUT2D eigenvalue weighted by Gasteiger charge is 2.35. The molecule has 1 unspecified atom stereocenters. The van der Waals surface area contributed by atoms with E-state index in [1.165, 1.54) is 32.1 Å². The number of nitrogens with one attached hydrogen (secondary N) is 5. The second kappa shape index (κ2) is 20.8. The van der Waals surface area contributed by atoms with Gasteiger partial charge in [0.2, 0.25) is 23.6 Å². The number of rotatable bonds is 19. The molecule has 0 aromatic heterocycles. The number of hydrogen-bond acceptors (Lipinski definition) is 10. The molecule has 0 saturated carbocycles. The number of methoxy groups -OCH3 is 1. The van der Waals surface area contributed by atoms with Crippen LogP contribution in [0.1, 0.15) is 50.7 Å². The van der Waals surface area contributed by atoms with E-state index in [4.69, 9.17) is 9.47 Å². The first kappa shape index (κ1) is 43.2.